The van der Waals surface area contributed by atoms with Crippen LogP contribution in [0.3, 0.4) is 0 Å². The van der Waals surface area contributed by atoms with Gasteiger partial charge in [-0.15, -0.1) is 5.10 Å². The van der Waals surface area contributed by atoms with Crippen molar-refractivity contribution in [3.05, 3.63) is 11.9 Å². The van der Waals surface area contributed by atoms with Crippen molar-refractivity contribution in [3.8, 4) is 11.8 Å². The van der Waals surface area contributed by atoms with Gasteiger partial charge in [0.1, 0.15) is 12.7 Å². The summed E-state index contributed by atoms with van der Waals surface area (Å²) in [4.78, 5) is 10.8. The fourth-order valence-corrected chi connectivity index (χ4v) is 1.32. The van der Waals surface area contributed by atoms with Crippen molar-refractivity contribution < 1.29 is 14.6 Å². The molecule has 0 aromatic carbocycles. The molecule has 7 nitrogen and oxygen atoms in total. The fraction of sp³-hybridized carbons (Fsp3) is 0.444. The Labute approximate surface area is 91.4 Å². The number of ether oxygens (including phenoxy) is 1. The second-order valence-corrected chi connectivity index (χ2v) is 3.19. The van der Waals surface area contributed by atoms with Gasteiger partial charge in [0.05, 0.1) is 19.3 Å². The average molecular weight is 222 g/mol. The predicted octanol–water partition coefficient (Wildman–Crippen LogP) is -1.27. The van der Waals surface area contributed by atoms with Crippen LogP contribution in [0.25, 0.3) is 0 Å². The molecule has 2 N–H and O–H groups in total. The number of nitrogens with one attached hydrogen (secondary N) is 1. The first-order valence-corrected chi connectivity index (χ1v) is 4.72. The van der Waals surface area contributed by atoms with E-state index in [1.807, 2.05) is 0 Å². The molecule has 7 heteroatoms. The van der Waals surface area contributed by atoms with Crippen LogP contribution in [0, 0.1) is 11.8 Å². The fourth-order valence-electron chi connectivity index (χ4n) is 1.32. The lowest BCUT2D eigenvalue weighted by Gasteiger charge is -2.05. The van der Waals surface area contributed by atoms with Crippen LogP contribution in [-0.2, 0) is 11.3 Å². The Bertz CT molecular complexity index is 445. The van der Waals surface area contributed by atoms with Gasteiger partial charge in [-0.25, -0.2) is 9.48 Å². The van der Waals surface area contributed by atoms with Crippen LogP contribution in [0.15, 0.2) is 6.20 Å². The van der Waals surface area contributed by atoms with Crippen LogP contribution in [0.2, 0.25) is 0 Å². The standard InChI is InChI=1S/C9H10N4O3/c14-3-1-2-7-5-13(12-11-7)6-8-4-10-9(15)16-8/h5,8,14H,3-4,6H2,(H,10,15). The van der Waals surface area contributed by atoms with E-state index in [9.17, 15) is 4.79 Å². The summed E-state index contributed by atoms with van der Waals surface area (Å²) < 4.78 is 6.49. The molecule has 0 aliphatic carbocycles. The molecule has 0 bridgehead atoms. The van der Waals surface area contributed by atoms with E-state index in [1.54, 1.807) is 10.9 Å². The number of nitrogens with zero attached hydrogens (tertiary/aromatic N) is 3. The van der Waals surface area contributed by atoms with Crippen molar-refractivity contribution >= 4 is 6.09 Å². The van der Waals surface area contributed by atoms with Crippen molar-refractivity contribution in [1.82, 2.24) is 20.3 Å². The summed E-state index contributed by atoms with van der Waals surface area (Å²) >= 11 is 0. The zero-order valence-electron chi connectivity index (χ0n) is 8.38. The molecular formula is C9H10N4O3. The van der Waals surface area contributed by atoms with Gasteiger partial charge in [0.2, 0.25) is 0 Å². The molecule has 84 valence electrons. The second kappa shape index (κ2) is 4.63. The van der Waals surface area contributed by atoms with Crippen molar-refractivity contribution in [2.24, 2.45) is 0 Å². The molecule has 1 unspecified atom stereocenters. The molecule has 1 fully saturated rings. The van der Waals surface area contributed by atoms with E-state index in [0.717, 1.165) is 0 Å². The van der Waals surface area contributed by atoms with Gasteiger partial charge in [0.25, 0.3) is 0 Å². The van der Waals surface area contributed by atoms with Gasteiger partial charge in [-0.3, -0.25) is 0 Å². The molecular weight excluding hydrogens is 212 g/mol. The molecule has 0 radical (unpaired) electrons. The Morgan fingerprint density at radius 1 is 1.75 bits per heavy atom. The number of rotatable bonds is 2. The molecule has 0 saturated carbocycles. The Hall–Kier alpha value is -2.07. The van der Waals surface area contributed by atoms with Gasteiger partial charge in [-0.1, -0.05) is 11.1 Å². The highest BCUT2D eigenvalue weighted by molar-refractivity contribution is 5.69. The average Bonchev–Trinajstić information content (AvgIpc) is 2.86. The van der Waals surface area contributed by atoms with Gasteiger partial charge in [0, 0.05) is 0 Å². The minimum absolute atomic E-state index is 0.211. The summed E-state index contributed by atoms with van der Waals surface area (Å²) in [7, 11) is 0. The number of carbonyl (C=O) groups excluding carboxylic acids is 1. The third-order valence-electron chi connectivity index (χ3n) is 1.97. The summed E-state index contributed by atoms with van der Waals surface area (Å²) in [6.45, 7) is 0.694. The van der Waals surface area contributed by atoms with Gasteiger partial charge in [0.15, 0.2) is 5.69 Å². The van der Waals surface area contributed by atoms with E-state index in [2.05, 4.69) is 27.5 Å². The van der Waals surface area contributed by atoms with E-state index in [0.29, 0.717) is 18.8 Å². The highest BCUT2D eigenvalue weighted by atomic mass is 16.6. The Morgan fingerprint density at radius 3 is 3.31 bits per heavy atom. The number of amides is 1. The third-order valence-corrected chi connectivity index (χ3v) is 1.97. The third kappa shape index (κ3) is 2.49. The van der Waals surface area contributed by atoms with Crippen LogP contribution < -0.4 is 5.32 Å². The summed E-state index contributed by atoms with van der Waals surface area (Å²) in [5.41, 5.74) is 0.478. The zero-order valence-corrected chi connectivity index (χ0v) is 8.38. The Morgan fingerprint density at radius 2 is 2.62 bits per heavy atom. The molecule has 1 aliphatic rings. The van der Waals surface area contributed by atoms with Crippen molar-refractivity contribution in [3.63, 3.8) is 0 Å². The van der Waals surface area contributed by atoms with Gasteiger partial charge in [-0.05, 0) is 5.92 Å². The molecule has 1 atom stereocenters. The minimum Gasteiger partial charge on any atom is -0.442 e. The zero-order chi connectivity index (χ0) is 11.4. The first-order valence-electron chi connectivity index (χ1n) is 4.72. The van der Waals surface area contributed by atoms with Crippen molar-refractivity contribution in [2.45, 2.75) is 12.6 Å². The molecule has 2 rings (SSSR count). The maximum atomic E-state index is 10.8. The Kier molecular flexibility index (Phi) is 3.03. The van der Waals surface area contributed by atoms with E-state index >= 15 is 0 Å². The Balaban J connectivity index is 1.95. The van der Waals surface area contributed by atoms with Crippen LogP contribution in [0.5, 0.6) is 0 Å². The lowest BCUT2D eigenvalue weighted by molar-refractivity contribution is 0.128. The SMILES string of the molecule is O=C1NCC(Cn2cc(C#CCO)nn2)O1. The number of aromatic nitrogens is 3. The minimum atomic E-state index is -0.412. The van der Waals surface area contributed by atoms with E-state index < -0.39 is 6.09 Å². The van der Waals surface area contributed by atoms with Gasteiger partial charge >= 0.3 is 6.09 Å². The molecule has 1 saturated heterocycles. The molecule has 1 aromatic heterocycles. The number of aliphatic hydroxyl groups is 1. The number of hydrogen-bond acceptors (Lipinski definition) is 5. The topological polar surface area (TPSA) is 89.3 Å². The van der Waals surface area contributed by atoms with Crippen molar-refractivity contribution in [2.75, 3.05) is 13.2 Å². The molecule has 16 heavy (non-hydrogen) atoms. The molecule has 1 amide bonds. The van der Waals surface area contributed by atoms with Crippen LogP contribution in [0.1, 0.15) is 5.69 Å². The lowest BCUT2D eigenvalue weighted by atomic mass is 10.3. The second-order valence-electron chi connectivity index (χ2n) is 3.19. The van der Waals surface area contributed by atoms with Crippen molar-refractivity contribution in [1.29, 1.82) is 0 Å². The highest BCUT2D eigenvalue weighted by Crippen LogP contribution is 2.03. The molecule has 2 heterocycles. The maximum absolute atomic E-state index is 10.8. The number of hydrogen-bond donors (Lipinski definition) is 2. The molecule has 1 aliphatic heterocycles. The summed E-state index contributed by atoms with van der Waals surface area (Å²) in [5, 5.41) is 18.6. The first-order chi connectivity index (χ1) is 7.78. The number of carbonyl (C=O) groups is 1. The van der Waals surface area contributed by atoms with E-state index in [4.69, 9.17) is 9.84 Å². The summed E-state index contributed by atoms with van der Waals surface area (Å²) in [5.74, 6) is 5.10. The van der Waals surface area contributed by atoms with E-state index in [1.165, 1.54) is 0 Å². The van der Waals surface area contributed by atoms with Crippen LogP contribution >= 0.6 is 0 Å². The number of alkyl carbamates (subject to hydrolysis) is 1. The predicted molar refractivity (Wildman–Crippen MR) is 52.3 cm³/mol. The lowest BCUT2D eigenvalue weighted by Crippen LogP contribution is -2.20. The molecule has 0 spiro atoms. The number of aliphatic hydroxyl groups excluding tert-OH is 1. The first kappa shape index (κ1) is 10.4. The van der Waals surface area contributed by atoms with Gasteiger partial charge < -0.3 is 15.2 Å². The smallest absolute Gasteiger partial charge is 0.407 e. The number of cyclic esters (lactones) is 1. The van der Waals surface area contributed by atoms with Gasteiger partial charge in [-0.2, -0.15) is 0 Å². The normalized spacial score (nSPS) is 18.6. The molecule has 1 aromatic rings. The highest BCUT2D eigenvalue weighted by Gasteiger charge is 2.22. The van der Waals surface area contributed by atoms with Crippen LogP contribution in [-0.4, -0.2) is 45.4 Å². The monoisotopic (exact) mass is 222 g/mol. The summed E-state index contributed by atoms with van der Waals surface area (Å²) in [6.07, 6.45) is 0.993. The summed E-state index contributed by atoms with van der Waals surface area (Å²) in [6, 6.07) is 0. The largest absolute Gasteiger partial charge is 0.442 e. The maximum Gasteiger partial charge on any atom is 0.407 e. The quantitative estimate of drug-likeness (QED) is 0.609. The van der Waals surface area contributed by atoms with Crippen LogP contribution in [0.4, 0.5) is 4.79 Å². The van der Waals surface area contributed by atoms with E-state index in [-0.39, 0.29) is 12.7 Å².